The second-order valence-corrected chi connectivity index (χ2v) is 7.42. The summed E-state index contributed by atoms with van der Waals surface area (Å²) in [5.41, 5.74) is 5.77. The van der Waals surface area contributed by atoms with E-state index in [4.69, 9.17) is 16.0 Å². The molecule has 0 amide bonds. The van der Waals surface area contributed by atoms with E-state index in [0.29, 0.717) is 27.8 Å². The lowest BCUT2D eigenvalue weighted by Gasteiger charge is -2.13. The number of fused-ring (bicyclic) bond motifs is 1. The van der Waals surface area contributed by atoms with Crippen LogP contribution in [0.4, 0.5) is 0 Å². The van der Waals surface area contributed by atoms with E-state index in [9.17, 15) is 5.11 Å². The van der Waals surface area contributed by atoms with Crippen LogP contribution in [0.15, 0.2) is 71.4 Å². The molecule has 3 aromatic carbocycles. The third kappa shape index (κ3) is 3.16. The third-order valence-electron chi connectivity index (χ3n) is 5.02. The van der Waals surface area contributed by atoms with E-state index >= 15 is 0 Å². The summed E-state index contributed by atoms with van der Waals surface area (Å²) < 4.78 is 7.94. The second-order valence-electron chi connectivity index (χ2n) is 6.98. The lowest BCUT2D eigenvalue weighted by atomic mass is 9.94. The molecule has 0 bridgehead atoms. The number of rotatable bonds is 4. The highest BCUT2D eigenvalue weighted by molar-refractivity contribution is 6.30. The Hall–Kier alpha value is -3.48. The number of aryl methyl sites for hydroxylation is 1. The Balaban J connectivity index is 1.77. The second kappa shape index (κ2) is 7.40. The molecule has 0 aliphatic heterocycles. The van der Waals surface area contributed by atoms with Crippen molar-refractivity contribution in [3.8, 4) is 34.0 Å². The Bertz CT molecular complexity index is 1360. The molecule has 2 heterocycles. The Morgan fingerprint density at radius 3 is 2.57 bits per heavy atom. The molecule has 0 atom stereocenters. The molecule has 0 unspecified atom stereocenters. The summed E-state index contributed by atoms with van der Waals surface area (Å²) in [5, 5.41) is 18.5. The molecule has 0 saturated carbocycles. The van der Waals surface area contributed by atoms with Crippen molar-refractivity contribution in [2.45, 2.75) is 6.61 Å². The van der Waals surface area contributed by atoms with Crippen LogP contribution in [-0.4, -0.2) is 24.9 Å². The first-order valence-electron chi connectivity index (χ1n) is 9.38. The molecule has 0 aliphatic rings. The fourth-order valence-corrected chi connectivity index (χ4v) is 3.66. The topological polar surface area (TPSA) is 77.0 Å². The Morgan fingerprint density at radius 2 is 1.83 bits per heavy atom. The molecule has 0 spiro atoms. The van der Waals surface area contributed by atoms with Crippen LogP contribution >= 0.6 is 11.6 Å². The van der Waals surface area contributed by atoms with Crippen molar-refractivity contribution in [1.29, 1.82) is 0 Å². The van der Waals surface area contributed by atoms with Gasteiger partial charge in [0.25, 0.3) is 0 Å². The first-order chi connectivity index (χ1) is 14.6. The minimum absolute atomic E-state index is 0.0472. The van der Waals surface area contributed by atoms with Crippen molar-refractivity contribution in [3.05, 3.63) is 77.6 Å². The molecule has 6 nitrogen and oxygen atoms in total. The maximum Gasteiger partial charge on any atom is 0.228 e. The monoisotopic (exact) mass is 416 g/mol. The van der Waals surface area contributed by atoms with Gasteiger partial charge in [-0.05, 0) is 47.0 Å². The number of aliphatic hydroxyl groups excluding tert-OH is 1. The van der Waals surface area contributed by atoms with Crippen LogP contribution in [0.3, 0.4) is 0 Å². The van der Waals surface area contributed by atoms with Crippen molar-refractivity contribution in [3.63, 3.8) is 0 Å². The van der Waals surface area contributed by atoms with Crippen molar-refractivity contribution >= 4 is 22.7 Å². The van der Waals surface area contributed by atoms with Crippen LogP contribution in [0.1, 0.15) is 5.56 Å². The minimum Gasteiger partial charge on any atom is -0.436 e. The van der Waals surface area contributed by atoms with Gasteiger partial charge in [0.1, 0.15) is 11.8 Å². The molecule has 5 aromatic rings. The molecule has 0 aliphatic carbocycles. The van der Waals surface area contributed by atoms with Crippen LogP contribution in [0, 0.1) is 0 Å². The molecule has 0 radical (unpaired) electrons. The molecular weight excluding hydrogens is 400 g/mol. The summed E-state index contributed by atoms with van der Waals surface area (Å²) in [5.74, 6) is 1.18. The third-order valence-corrected chi connectivity index (χ3v) is 5.27. The van der Waals surface area contributed by atoms with Gasteiger partial charge in [0, 0.05) is 23.2 Å². The highest BCUT2D eigenvalue weighted by Crippen LogP contribution is 2.39. The number of oxazole rings is 1. The van der Waals surface area contributed by atoms with Crippen molar-refractivity contribution < 1.29 is 9.52 Å². The predicted octanol–water partition coefficient (Wildman–Crippen LogP) is 5.10. The lowest BCUT2D eigenvalue weighted by Crippen LogP contribution is -1.97. The molecule has 7 heteroatoms. The standard InChI is InChI=1S/C23H17ClN4O2/c1-28-13-25-27-22(28)21-17(15-6-8-16(24)9-7-15)3-2-4-18(21)23-26-19-11-14(12-29)5-10-20(19)30-23/h2-11,13,29H,12H2,1H3. The molecular formula is C23H17ClN4O2. The predicted molar refractivity (Wildman–Crippen MR) is 116 cm³/mol. The van der Waals surface area contributed by atoms with E-state index < -0.39 is 0 Å². The number of aromatic nitrogens is 4. The molecule has 0 fully saturated rings. The molecule has 30 heavy (non-hydrogen) atoms. The lowest BCUT2D eigenvalue weighted by molar-refractivity contribution is 0.282. The zero-order valence-electron chi connectivity index (χ0n) is 16.1. The fraction of sp³-hybridized carbons (Fsp3) is 0.0870. The smallest absolute Gasteiger partial charge is 0.228 e. The van der Waals surface area contributed by atoms with Crippen molar-refractivity contribution in [1.82, 2.24) is 19.7 Å². The van der Waals surface area contributed by atoms with Crippen LogP contribution in [0.5, 0.6) is 0 Å². The van der Waals surface area contributed by atoms with E-state index in [1.807, 2.05) is 72.3 Å². The number of hydrogen-bond donors (Lipinski definition) is 1. The minimum atomic E-state index is -0.0472. The van der Waals surface area contributed by atoms with Crippen LogP contribution in [0.2, 0.25) is 5.02 Å². The van der Waals surface area contributed by atoms with Gasteiger partial charge in [-0.15, -0.1) is 10.2 Å². The van der Waals surface area contributed by atoms with Crippen molar-refractivity contribution in [2.75, 3.05) is 0 Å². The quantitative estimate of drug-likeness (QED) is 0.441. The number of halogens is 1. The summed E-state index contributed by atoms with van der Waals surface area (Å²) in [6, 6.07) is 19.1. The molecule has 2 aromatic heterocycles. The summed E-state index contributed by atoms with van der Waals surface area (Å²) in [7, 11) is 1.90. The van der Waals surface area contributed by atoms with Crippen molar-refractivity contribution in [2.24, 2.45) is 7.05 Å². The average molecular weight is 417 g/mol. The highest BCUT2D eigenvalue weighted by atomic mass is 35.5. The van der Waals surface area contributed by atoms with E-state index in [0.717, 1.165) is 27.8 Å². The normalized spacial score (nSPS) is 11.3. The number of benzene rings is 3. The van der Waals surface area contributed by atoms with Crippen LogP contribution < -0.4 is 0 Å². The summed E-state index contributed by atoms with van der Waals surface area (Å²) in [6.45, 7) is -0.0472. The molecule has 0 saturated heterocycles. The van der Waals surface area contributed by atoms with Gasteiger partial charge in [0.05, 0.1) is 6.61 Å². The Morgan fingerprint density at radius 1 is 1.03 bits per heavy atom. The maximum atomic E-state index is 9.42. The number of hydrogen-bond acceptors (Lipinski definition) is 5. The van der Waals surface area contributed by atoms with E-state index in [1.54, 1.807) is 6.33 Å². The summed E-state index contributed by atoms with van der Waals surface area (Å²) in [6.07, 6.45) is 1.66. The zero-order chi connectivity index (χ0) is 20.7. The first kappa shape index (κ1) is 18.5. The maximum absolute atomic E-state index is 9.42. The Labute approximate surface area is 177 Å². The van der Waals surface area contributed by atoms with E-state index in [1.165, 1.54) is 0 Å². The molecule has 1 N–H and O–H groups in total. The molecule has 5 rings (SSSR count). The average Bonchev–Trinajstić information content (AvgIpc) is 3.39. The SMILES string of the molecule is Cn1cnnc1-c1c(-c2ccc(Cl)cc2)cccc1-c1nc2cc(CO)ccc2o1. The fourth-order valence-electron chi connectivity index (χ4n) is 3.54. The molecule has 148 valence electrons. The van der Waals surface area contributed by atoms with Gasteiger partial charge in [-0.25, -0.2) is 4.98 Å². The summed E-state index contributed by atoms with van der Waals surface area (Å²) >= 11 is 6.09. The number of nitrogens with zero attached hydrogens (tertiary/aromatic N) is 4. The van der Waals surface area contributed by atoms with Gasteiger partial charge in [0.2, 0.25) is 5.89 Å². The van der Waals surface area contributed by atoms with Gasteiger partial charge < -0.3 is 14.1 Å². The van der Waals surface area contributed by atoms with Crippen LogP contribution in [-0.2, 0) is 13.7 Å². The largest absolute Gasteiger partial charge is 0.436 e. The van der Waals surface area contributed by atoms with Gasteiger partial charge in [0.15, 0.2) is 11.4 Å². The summed E-state index contributed by atoms with van der Waals surface area (Å²) in [4.78, 5) is 4.68. The van der Waals surface area contributed by atoms with E-state index in [2.05, 4.69) is 15.2 Å². The first-order valence-corrected chi connectivity index (χ1v) is 9.76. The van der Waals surface area contributed by atoms with Gasteiger partial charge in [-0.3, -0.25) is 0 Å². The van der Waals surface area contributed by atoms with Crippen LogP contribution in [0.25, 0.3) is 45.1 Å². The highest BCUT2D eigenvalue weighted by Gasteiger charge is 2.21. The van der Waals surface area contributed by atoms with Gasteiger partial charge in [-0.2, -0.15) is 0 Å². The number of aliphatic hydroxyl groups is 1. The van der Waals surface area contributed by atoms with E-state index in [-0.39, 0.29) is 6.61 Å². The van der Waals surface area contributed by atoms with Gasteiger partial charge >= 0.3 is 0 Å². The Kier molecular flexibility index (Phi) is 4.58. The zero-order valence-corrected chi connectivity index (χ0v) is 16.8. The van der Waals surface area contributed by atoms with Gasteiger partial charge in [-0.1, -0.05) is 41.9 Å².